The second-order valence-electron chi connectivity index (χ2n) is 10.3. The number of hydrogen-bond acceptors (Lipinski definition) is 9. The average Bonchev–Trinajstić information content (AvgIpc) is 3.57. The first-order chi connectivity index (χ1) is 19.6. The molecule has 2 saturated heterocycles. The van der Waals surface area contributed by atoms with Crippen LogP contribution in [0.4, 0.5) is 0 Å². The number of rotatable bonds is 5. The zero-order valence-corrected chi connectivity index (χ0v) is 24.6. The molecule has 1 unspecified atom stereocenters. The van der Waals surface area contributed by atoms with Gasteiger partial charge in [-0.1, -0.05) is 17.7 Å². The zero-order valence-electron chi connectivity index (χ0n) is 22.2. The monoisotopic (exact) mass is 621 g/mol. The molecule has 41 heavy (non-hydrogen) atoms. The first-order valence-electron chi connectivity index (χ1n) is 13.2. The highest BCUT2D eigenvalue weighted by Gasteiger charge is 2.40. The Labute approximate surface area is 245 Å². The van der Waals surface area contributed by atoms with Gasteiger partial charge in [-0.05, 0) is 23.6 Å². The van der Waals surface area contributed by atoms with E-state index in [4.69, 9.17) is 20.8 Å². The number of aromatic nitrogens is 1. The molecule has 0 spiro atoms. The van der Waals surface area contributed by atoms with E-state index in [1.54, 1.807) is 36.2 Å². The minimum absolute atomic E-state index is 0.0347. The SMILES string of the molecule is CN1Cc2oc(C(=O)N3CCN(S(=O)(=O)c4cc5ccc(Cl)cc5s4)CC3CC(=O)N3CCOCC3)nc2CC1=O. The summed E-state index contributed by atoms with van der Waals surface area (Å²) >= 11 is 7.23. The van der Waals surface area contributed by atoms with Crippen LogP contribution < -0.4 is 0 Å². The Bertz CT molecular complexity index is 1630. The lowest BCUT2D eigenvalue weighted by atomic mass is 10.1. The maximum atomic E-state index is 13.7. The van der Waals surface area contributed by atoms with Crippen LogP contribution in [0.15, 0.2) is 32.9 Å². The van der Waals surface area contributed by atoms with Gasteiger partial charge in [0.15, 0.2) is 0 Å². The van der Waals surface area contributed by atoms with E-state index in [1.807, 2.05) is 0 Å². The molecule has 218 valence electrons. The Morgan fingerprint density at radius 1 is 1.15 bits per heavy atom. The number of halogens is 1. The van der Waals surface area contributed by atoms with Crippen LogP contribution >= 0.6 is 22.9 Å². The quantitative estimate of drug-likeness (QED) is 0.421. The van der Waals surface area contributed by atoms with Crippen LogP contribution in [0.2, 0.25) is 5.02 Å². The van der Waals surface area contributed by atoms with Crippen molar-refractivity contribution >= 4 is 60.8 Å². The van der Waals surface area contributed by atoms with Crippen LogP contribution in [0.3, 0.4) is 0 Å². The summed E-state index contributed by atoms with van der Waals surface area (Å²) in [5, 5.41) is 1.28. The number of hydrogen-bond donors (Lipinski definition) is 0. The van der Waals surface area contributed by atoms with Gasteiger partial charge in [-0.25, -0.2) is 13.4 Å². The third-order valence-corrected chi connectivity index (χ3v) is 11.3. The number of fused-ring (bicyclic) bond motifs is 2. The lowest BCUT2D eigenvalue weighted by molar-refractivity contribution is -0.136. The minimum atomic E-state index is -3.91. The summed E-state index contributed by atoms with van der Waals surface area (Å²) in [6.07, 6.45) is -0.0324. The predicted octanol–water partition coefficient (Wildman–Crippen LogP) is 1.82. The lowest BCUT2D eigenvalue weighted by Gasteiger charge is -2.40. The van der Waals surface area contributed by atoms with Crippen molar-refractivity contribution in [2.24, 2.45) is 0 Å². The van der Waals surface area contributed by atoms with Crippen molar-refractivity contribution in [3.63, 3.8) is 0 Å². The molecule has 5 heterocycles. The number of morpholine rings is 1. The molecule has 1 atom stereocenters. The number of sulfonamides is 1. The summed E-state index contributed by atoms with van der Waals surface area (Å²) in [7, 11) is -2.27. The highest BCUT2D eigenvalue weighted by atomic mass is 35.5. The summed E-state index contributed by atoms with van der Waals surface area (Å²) in [5.74, 6) is -0.572. The van der Waals surface area contributed by atoms with E-state index in [-0.39, 0.29) is 60.9 Å². The zero-order chi connectivity index (χ0) is 28.9. The van der Waals surface area contributed by atoms with Crippen molar-refractivity contribution < 1.29 is 32.0 Å². The van der Waals surface area contributed by atoms with Gasteiger partial charge in [0.05, 0.1) is 37.9 Å². The van der Waals surface area contributed by atoms with E-state index >= 15 is 0 Å². The number of piperazine rings is 1. The normalized spacial score (nSPS) is 20.5. The van der Waals surface area contributed by atoms with Gasteiger partial charge in [0.25, 0.3) is 15.9 Å². The van der Waals surface area contributed by atoms with Crippen LogP contribution in [0.5, 0.6) is 0 Å². The largest absolute Gasteiger partial charge is 0.435 e. The van der Waals surface area contributed by atoms with Gasteiger partial charge in [0, 0.05) is 55.9 Å². The molecule has 0 radical (unpaired) electrons. The van der Waals surface area contributed by atoms with Gasteiger partial charge < -0.3 is 23.9 Å². The molecular weight excluding hydrogens is 594 g/mol. The van der Waals surface area contributed by atoms with E-state index in [1.165, 1.54) is 14.1 Å². The van der Waals surface area contributed by atoms with Crippen molar-refractivity contribution in [3.8, 4) is 0 Å². The van der Waals surface area contributed by atoms with Gasteiger partial charge in [0.1, 0.15) is 9.97 Å². The van der Waals surface area contributed by atoms with Crippen molar-refractivity contribution in [2.75, 3.05) is 53.0 Å². The Morgan fingerprint density at radius 3 is 2.71 bits per heavy atom. The highest BCUT2D eigenvalue weighted by Crippen LogP contribution is 2.34. The van der Waals surface area contributed by atoms with Crippen LogP contribution in [-0.4, -0.2) is 109 Å². The van der Waals surface area contributed by atoms with E-state index < -0.39 is 22.0 Å². The average molecular weight is 622 g/mol. The third-order valence-electron chi connectivity index (χ3n) is 7.62. The molecule has 2 fully saturated rings. The van der Waals surface area contributed by atoms with Crippen LogP contribution in [0, 0.1) is 0 Å². The van der Waals surface area contributed by atoms with Crippen LogP contribution in [0.1, 0.15) is 28.6 Å². The fraction of sp³-hybridized carbons (Fsp3) is 0.462. The molecule has 1 aromatic carbocycles. The number of amides is 3. The standard InChI is InChI=1S/C26H28ClN5O7S2/c1-29-15-20-19(13-22(29)33)28-25(39-20)26(35)32-5-4-31(14-18(32)12-23(34)30-6-8-38-9-7-30)41(36,37)24-10-16-2-3-17(27)11-21(16)40-24/h2-3,10-11,18H,4-9,12-15H2,1H3. The fourth-order valence-electron chi connectivity index (χ4n) is 5.31. The molecular formula is C26H28ClN5O7S2. The predicted molar refractivity (Wildman–Crippen MR) is 149 cm³/mol. The summed E-state index contributed by atoms with van der Waals surface area (Å²) in [6.45, 7) is 1.92. The molecule has 12 nitrogen and oxygen atoms in total. The molecule has 0 N–H and O–H groups in total. The number of oxazole rings is 1. The smallest absolute Gasteiger partial charge is 0.310 e. The summed E-state index contributed by atoms with van der Waals surface area (Å²) < 4.78 is 40.8. The summed E-state index contributed by atoms with van der Waals surface area (Å²) in [6, 6.07) is 6.07. The second-order valence-corrected chi connectivity index (χ2v) is 14.0. The molecule has 3 aromatic rings. The lowest BCUT2D eigenvalue weighted by Crippen LogP contribution is -2.58. The fourth-order valence-corrected chi connectivity index (χ4v) is 8.60. The topological polar surface area (TPSA) is 134 Å². The number of nitrogens with zero attached hydrogens (tertiary/aromatic N) is 5. The number of likely N-dealkylation sites (N-methyl/N-ethyl adjacent to an activating group) is 1. The van der Waals surface area contributed by atoms with Gasteiger partial charge in [-0.15, -0.1) is 11.3 Å². The first-order valence-corrected chi connectivity index (χ1v) is 15.8. The van der Waals surface area contributed by atoms with E-state index in [0.717, 1.165) is 21.4 Å². The van der Waals surface area contributed by atoms with E-state index in [9.17, 15) is 22.8 Å². The Kier molecular flexibility index (Phi) is 7.53. The Morgan fingerprint density at radius 2 is 1.93 bits per heavy atom. The second kappa shape index (κ2) is 11.0. The summed E-state index contributed by atoms with van der Waals surface area (Å²) in [5.41, 5.74) is 0.420. The molecule has 6 rings (SSSR count). The Hall–Kier alpha value is -3.04. The van der Waals surface area contributed by atoms with Gasteiger partial charge >= 0.3 is 5.91 Å². The van der Waals surface area contributed by atoms with Crippen molar-refractivity contribution in [3.05, 3.63) is 46.6 Å². The first kappa shape index (κ1) is 28.1. The van der Waals surface area contributed by atoms with Crippen LogP contribution in [-0.2, 0) is 37.3 Å². The minimum Gasteiger partial charge on any atom is -0.435 e. The number of benzene rings is 1. The maximum Gasteiger partial charge on any atom is 0.310 e. The number of ether oxygens (including phenoxy) is 1. The van der Waals surface area contributed by atoms with Crippen molar-refractivity contribution in [1.82, 2.24) is 24.0 Å². The van der Waals surface area contributed by atoms with Gasteiger partial charge in [-0.3, -0.25) is 14.4 Å². The molecule has 2 aromatic heterocycles. The molecule has 3 aliphatic heterocycles. The number of thiophene rings is 1. The molecule has 0 bridgehead atoms. The maximum absolute atomic E-state index is 13.7. The van der Waals surface area contributed by atoms with Gasteiger partial charge in [0.2, 0.25) is 11.8 Å². The molecule has 3 amide bonds. The Balaban J connectivity index is 1.27. The summed E-state index contributed by atoms with van der Waals surface area (Å²) in [4.78, 5) is 48.0. The van der Waals surface area contributed by atoms with E-state index in [0.29, 0.717) is 42.8 Å². The van der Waals surface area contributed by atoms with Crippen molar-refractivity contribution in [1.29, 1.82) is 0 Å². The molecule has 3 aliphatic rings. The van der Waals surface area contributed by atoms with Crippen LogP contribution in [0.25, 0.3) is 10.1 Å². The van der Waals surface area contributed by atoms with Crippen molar-refractivity contribution in [2.45, 2.75) is 29.6 Å². The number of carbonyl (C=O) groups is 3. The number of carbonyl (C=O) groups excluding carboxylic acids is 3. The molecule has 0 saturated carbocycles. The van der Waals surface area contributed by atoms with Gasteiger partial charge in [-0.2, -0.15) is 4.31 Å². The van der Waals surface area contributed by atoms with E-state index in [2.05, 4.69) is 4.98 Å². The third kappa shape index (κ3) is 5.46. The molecule has 0 aliphatic carbocycles. The highest BCUT2D eigenvalue weighted by molar-refractivity contribution is 7.91. The molecule has 15 heteroatoms.